The van der Waals surface area contributed by atoms with Crippen LogP contribution in [-0.4, -0.2) is 17.6 Å². The zero-order chi connectivity index (χ0) is 23.1. The van der Waals surface area contributed by atoms with Crippen LogP contribution < -0.4 is 10.6 Å². The van der Waals surface area contributed by atoms with Gasteiger partial charge in [-0.15, -0.1) is 0 Å². The van der Waals surface area contributed by atoms with E-state index in [1.54, 1.807) is 36.4 Å². The smallest absolute Gasteiger partial charge is 0.326 e. The normalized spacial score (nSPS) is 11.1. The average molecular weight is 458 g/mol. The molecule has 32 heavy (non-hydrogen) atoms. The van der Waals surface area contributed by atoms with Crippen molar-refractivity contribution in [1.82, 2.24) is 5.32 Å². The van der Waals surface area contributed by atoms with Gasteiger partial charge in [0.1, 0.15) is 23.8 Å². The van der Waals surface area contributed by atoms with Crippen molar-refractivity contribution < 1.29 is 23.2 Å². The first kappa shape index (κ1) is 22.9. The molecule has 3 aromatic carbocycles. The number of hydrogen-bond donors (Lipinski definition) is 2. The Kier molecular flexibility index (Phi) is 7.51. The number of urea groups is 1. The molecule has 0 aliphatic carbocycles. The van der Waals surface area contributed by atoms with Gasteiger partial charge in [-0.3, -0.25) is 10.1 Å². The highest BCUT2D eigenvalue weighted by Crippen LogP contribution is 2.14. The maximum Gasteiger partial charge on any atom is 0.326 e. The summed E-state index contributed by atoms with van der Waals surface area (Å²) in [7, 11) is 0. The molecule has 2 N–H and O–H groups in total. The van der Waals surface area contributed by atoms with Gasteiger partial charge in [0, 0.05) is 10.7 Å². The molecule has 0 radical (unpaired) electrons. The van der Waals surface area contributed by atoms with Crippen molar-refractivity contribution in [2.45, 2.75) is 13.5 Å². The number of carbonyl (C=O) groups excluding carboxylic acids is 2. The fourth-order valence-corrected chi connectivity index (χ4v) is 2.80. The van der Waals surface area contributed by atoms with Gasteiger partial charge in [-0.25, -0.2) is 13.6 Å². The van der Waals surface area contributed by atoms with Crippen LogP contribution in [0.3, 0.4) is 0 Å². The van der Waals surface area contributed by atoms with E-state index < -0.39 is 29.1 Å². The van der Waals surface area contributed by atoms with Crippen LogP contribution in [0.15, 0.2) is 71.9 Å². The lowest BCUT2D eigenvalue weighted by Gasteiger charge is -2.09. The molecule has 3 rings (SSSR count). The summed E-state index contributed by atoms with van der Waals surface area (Å²) in [5, 5.41) is 9.00. The van der Waals surface area contributed by atoms with E-state index in [9.17, 15) is 18.4 Å². The molecule has 0 heterocycles. The van der Waals surface area contributed by atoms with Crippen molar-refractivity contribution in [1.29, 1.82) is 0 Å². The lowest BCUT2D eigenvalue weighted by Crippen LogP contribution is -2.35. The fraction of sp³-hybridized carbons (Fsp3) is 0.0870. The predicted octanol–water partition coefficient (Wildman–Crippen LogP) is 5.52. The summed E-state index contributed by atoms with van der Waals surface area (Å²) in [6.45, 7) is 2.01. The van der Waals surface area contributed by atoms with E-state index in [1.807, 2.05) is 24.4 Å². The van der Waals surface area contributed by atoms with Crippen LogP contribution in [0.2, 0.25) is 5.02 Å². The fourth-order valence-electron chi connectivity index (χ4n) is 2.67. The predicted molar refractivity (Wildman–Crippen MR) is 118 cm³/mol. The Morgan fingerprint density at radius 3 is 2.22 bits per heavy atom. The van der Waals surface area contributed by atoms with Crippen molar-refractivity contribution in [2.24, 2.45) is 5.16 Å². The molecule has 0 saturated heterocycles. The van der Waals surface area contributed by atoms with Crippen LogP contribution in [0.25, 0.3) is 0 Å². The van der Waals surface area contributed by atoms with Crippen molar-refractivity contribution in [3.8, 4) is 0 Å². The molecule has 0 aliphatic heterocycles. The van der Waals surface area contributed by atoms with E-state index in [0.29, 0.717) is 16.4 Å². The van der Waals surface area contributed by atoms with Crippen molar-refractivity contribution in [3.05, 3.63) is 100 Å². The molecule has 0 fully saturated rings. The lowest BCUT2D eigenvalue weighted by molar-refractivity contribution is 0.0959. The lowest BCUT2D eigenvalue weighted by atomic mass is 10.1. The summed E-state index contributed by atoms with van der Waals surface area (Å²) in [6, 6.07) is 15.8. The molecule has 3 aromatic rings. The number of hydrogen-bond acceptors (Lipinski definition) is 4. The van der Waals surface area contributed by atoms with Crippen LogP contribution in [-0.2, 0) is 11.4 Å². The van der Waals surface area contributed by atoms with Crippen LogP contribution >= 0.6 is 11.6 Å². The van der Waals surface area contributed by atoms with Gasteiger partial charge in [-0.05, 0) is 54.4 Å². The average Bonchev–Trinajstić information content (AvgIpc) is 2.75. The molecule has 3 amide bonds. The highest BCUT2D eigenvalue weighted by Gasteiger charge is 2.19. The first-order valence-corrected chi connectivity index (χ1v) is 9.79. The minimum absolute atomic E-state index is 0.197. The summed E-state index contributed by atoms with van der Waals surface area (Å²) in [4.78, 5) is 29.3. The topological polar surface area (TPSA) is 79.8 Å². The molecular weight excluding hydrogens is 440 g/mol. The molecule has 164 valence electrons. The Morgan fingerprint density at radius 1 is 0.969 bits per heavy atom. The largest absolute Gasteiger partial charge is 0.391 e. The second kappa shape index (κ2) is 10.5. The Bertz CT molecular complexity index is 1130. The van der Waals surface area contributed by atoms with Crippen LogP contribution in [0.4, 0.5) is 19.3 Å². The highest BCUT2D eigenvalue weighted by molar-refractivity contribution is 6.30. The second-order valence-corrected chi connectivity index (χ2v) is 7.10. The van der Waals surface area contributed by atoms with Crippen LogP contribution in [0, 0.1) is 11.6 Å². The standard InChI is InChI=1S/C23H18ClF2N3O3/c1-14(16-7-9-17(24)10-8-16)29-32-13-15-5-11-18(12-6-15)27-23(31)28-22(30)21-19(25)3-2-4-20(21)26/h2-12H,13H2,1H3,(H2,27,28,30,31)/b29-14-. The number of imide groups is 1. The van der Waals surface area contributed by atoms with Crippen LogP contribution in [0.5, 0.6) is 0 Å². The molecule has 0 bridgehead atoms. The monoisotopic (exact) mass is 457 g/mol. The number of anilines is 1. The van der Waals surface area contributed by atoms with Gasteiger partial charge in [0.15, 0.2) is 0 Å². The summed E-state index contributed by atoms with van der Waals surface area (Å²) in [5.41, 5.74) is 1.89. The van der Waals surface area contributed by atoms with Gasteiger partial charge in [0.05, 0.1) is 5.71 Å². The molecule has 0 saturated carbocycles. The number of nitrogens with one attached hydrogen (secondary N) is 2. The Balaban J connectivity index is 1.52. The van der Waals surface area contributed by atoms with E-state index in [4.69, 9.17) is 16.4 Å². The van der Waals surface area contributed by atoms with E-state index in [2.05, 4.69) is 10.5 Å². The number of benzene rings is 3. The number of carbonyl (C=O) groups is 2. The minimum atomic E-state index is -1.18. The molecule has 0 aliphatic rings. The zero-order valence-corrected chi connectivity index (χ0v) is 17.6. The number of nitrogens with zero attached hydrogens (tertiary/aromatic N) is 1. The molecule has 9 heteroatoms. The Morgan fingerprint density at radius 2 is 1.59 bits per heavy atom. The van der Waals surface area contributed by atoms with Crippen LogP contribution in [0.1, 0.15) is 28.4 Å². The van der Waals surface area contributed by atoms with Gasteiger partial charge in [-0.1, -0.05) is 47.1 Å². The van der Waals surface area contributed by atoms with E-state index in [1.165, 1.54) is 0 Å². The Hall–Kier alpha value is -3.78. The molecule has 0 spiro atoms. The number of amides is 3. The number of halogens is 3. The summed E-state index contributed by atoms with van der Waals surface area (Å²) >= 11 is 5.86. The maximum atomic E-state index is 13.6. The van der Waals surface area contributed by atoms with Gasteiger partial charge >= 0.3 is 6.03 Å². The minimum Gasteiger partial charge on any atom is -0.391 e. The molecule has 0 aromatic heterocycles. The first-order valence-electron chi connectivity index (χ1n) is 9.41. The van der Waals surface area contributed by atoms with Gasteiger partial charge in [0.2, 0.25) is 0 Å². The summed E-state index contributed by atoms with van der Waals surface area (Å²) in [5.74, 6) is -3.31. The van der Waals surface area contributed by atoms with Crippen molar-refractivity contribution in [2.75, 3.05) is 5.32 Å². The molecule has 0 unspecified atom stereocenters. The highest BCUT2D eigenvalue weighted by atomic mass is 35.5. The second-order valence-electron chi connectivity index (χ2n) is 6.66. The molecule has 0 atom stereocenters. The molecular formula is C23H18ClF2N3O3. The SMILES string of the molecule is C/C(=N/OCc1ccc(NC(=O)NC(=O)c2c(F)cccc2F)cc1)c1ccc(Cl)cc1. The van der Waals surface area contributed by atoms with Gasteiger partial charge < -0.3 is 10.2 Å². The zero-order valence-electron chi connectivity index (χ0n) is 16.9. The summed E-state index contributed by atoms with van der Waals surface area (Å²) < 4.78 is 27.3. The third-order valence-corrected chi connectivity index (χ3v) is 4.58. The number of oxime groups is 1. The quantitative estimate of drug-likeness (QED) is 0.378. The van der Waals surface area contributed by atoms with Gasteiger partial charge in [0.25, 0.3) is 5.91 Å². The van der Waals surface area contributed by atoms with Gasteiger partial charge in [-0.2, -0.15) is 0 Å². The third-order valence-electron chi connectivity index (χ3n) is 4.32. The molecule has 6 nitrogen and oxygen atoms in total. The Labute approximate surface area is 187 Å². The van der Waals surface area contributed by atoms with E-state index in [-0.39, 0.29) is 6.61 Å². The van der Waals surface area contributed by atoms with E-state index >= 15 is 0 Å². The van der Waals surface area contributed by atoms with Crippen molar-refractivity contribution in [3.63, 3.8) is 0 Å². The maximum absolute atomic E-state index is 13.6. The van der Waals surface area contributed by atoms with E-state index in [0.717, 1.165) is 29.3 Å². The first-order chi connectivity index (χ1) is 15.3. The third kappa shape index (κ3) is 6.12. The van der Waals surface area contributed by atoms with Crippen molar-refractivity contribution >= 4 is 34.9 Å². The summed E-state index contributed by atoms with van der Waals surface area (Å²) in [6.07, 6.45) is 0. The number of rotatable bonds is 6.